The lowest BCUT2D eigenvalue weighted by Crippen LogP contribution is -2.39. The summed E-state index contributed by atoms with van der Waals surface area (Å²) in [5.41, 5.74) is 7.59. The molecule has 0 aliphatic rings. The van der Waals surface area contributed by atoms with E-state index in [0.717, 1.165) is 15.7 Å². The van der Waals surface area contributed by atoms with Crippen LogP contribution in [0.3, 0.4) is 0 Å². The van der Waals surface area contributed by atoms with Crippen LogP contribution in [0.25, 0.3) is 0 Å². The van der Waals surface area contributed by atoms with Gasteiger partial charge in [0.25, 0.3) is 0 Å². The Morgan fingerprint density at radius 1 is 1.41 bits per heavy atom. The SMILES string of the molecule is Cc1cc(Br)ccc1NC(=O)[C@H](N)C(C)C.Cl. The highest BCUT2D eigenvalue weighted by Crippen LogP contribution is 2.20. The topological polar surface area (TPSA) is 55.1 Å². The summed E-state index contributed by atoms with van der Waals surface area (Å²) in [6.07, 6.45) is 0. The van der Waals surface area contributed by atoms with Crippen LogP contribution in [0.1, 0.15) is 19.4 Å². The van der Waals surface area contributed by atoms with Crippen molar-refractivity contribution in [3.8, 4) is 0 Å². The van der Waals surface area contributed by atoms with Crippen molar-refractivity contribution in [3.05, 3.63) is 28.2 Å². The molecule has 0 aliphatic carbocycles. The Morgan fingerprint density at radius 3 is 2.47 bits per heavy atom. The molecule has 0 unspecified atom stereocenters. The van der Waals surface area contributed by atoms with Gasteiger partial charge in [-0.1, -0.05) is 29.8 Å². The van der Waals surface area contributed by atoms with Crippen LogP contribution in [0.4, 0.5) is 5.69 Å². The van der Waals surface area contributed by atoms with Crippen molar-refractivity contribution in [2.24, 2.45) is 11.7 Å². The Hall–Kier alpha value is -0.580. The maximum absolute atomic E-state index is 11.7. The van der Waals surface area contributed by atoms with Crippen molar-refractivity contribution in [2.75, 3.05) is 5.32 Å². The van der Waals surface area contributed by atoms with Crippen LogP contribution in [0, 0.1) is 12.8 Å². The Bertz CT molecular complexity index is 396. The van der Waals surface area contributed by atoms with E-state index in [0.29, 0.717) is 0 Å². The van der Waals surface area contributed by atoms with Gasteiger partial charge in [0.2, 0.25) is 5.91 Å². The number of benzene rings is 1. The van der Waals surface area contributed by atoms with Crippen molar-refractivity contribution in [2.45, 2.75) is 26.8 Å². The van der Waals surface area contributed by atoms with Gasteiger partial charge in [-0.05, 0) is 36.6 Å². The summed E-state index contributed by atoms with van der Waals surface area (Å²) in [6.45, 7) is 5.80. The van der Waals surface area contributed by atoms with Crippen molar-refractivity contribution in [3.63, 3.8) is 0 Å². The van der Waals surface area contributed by atoms with E-state index in [-0.39, 0.29) is 24.2 Å². The molecule has 1 amide bonds. The van der Waals surface area contributed by atoms with E-state index in [4.69, 9.17) is 5.73 Å². The van der Waals surface area contributed by atoms with Crippen LogP contribution in [0.5, 0.6) is 0 Å². The molecule has 1 aromatic rings. The highest BCUT2D eigenvalue weighted by atomic mass is 79.9. The summed E-state index contributed by atoms with van der Waals surface area (Å²) in [7, 11) is 0. The number of aryl methyl sites for hydroxylation is 1. The number of carbonyl (C=O) groups is 1. The summed E-state index contributed by atoms with van der Waals surface area (Å²) in [6, 6.07) is 5.24. The monoisotopic (exact) mass is 320 g/mol. The summed E-state index contributed by atoms with van der Waals surface area (Å²) in [5, 5.41) is 2.83. The third-order valence-corrected chi connectivity index (χ3v) is 2.96. The minimum atomic E-state index is -0.469. The van der Waals surface area contributed by atoms with Gasteiger partial charge in [-0.2, -0.15) is 0 Å². The molecule has 17 heavy (non-hydrogen) atoms. The average molecular weight is 322 g/mol. The molecule has 1 atom stereocenters. The standard InChI is InChI=1S/C12H17BrN2O.ClH/c1-7(2)11(14)12(16)15-10-5-4-9(13)6-8(10)3;/h4-7,11H,14H2,1-3H3,(H,15,16);1H/t11-;/m1./s1. The van der Waals surface area contributed by atoms with Crippen molar-refractivity contribution in [1.82, 2.24) is 0 Å². The summed E-state index contributed by atoms with van der Waals surface area (Å²) in [4.78, 5) is 11.7. The fraction of sp³-hybridized carbons (Fsp3) is 0.417. The number of amides is 1. The Balaban J connectivity index is 0.00000256. The van der Waals surface area contributed by atoms with Crippen LogP contribution in [-0.4, -0.2) is 11.9 Å². The zero-order valence-electron chi connectivity index (χ0n) is 10.2. The fourth-order valence-electron chi connectivity index (χ4n) is 1.29. The first-order valence-corrected chi connectivity index (χ1v) is 6.03. The molecule has 0 radical (unpaired) electrons. The molecular formula is C12H18BrClN2O. The summed E-state index contributed by atoms with van der Waals surface area (Å²) >= 11 is 3.38. The number of nitrogens with two attached hydrogens (primary N) is 1. The zero-order chi connectivity index (χ0) is 12.3. The maximum Gasteiger partial charge on any atom is 0.241 e. The number of anilines is 1. The lowest BCUT2D eigenvalue weighted by atomic mass is 10.0. The molecule has 0 saturated heterocycles. The molecule has 0 aliphatic heterocycles. The Labute approximate surface area is 117 Å². The fourth-order valence-corrected chi connectivity index (χ4v) is 1.76. The van der Waals surface area contributed by atoms with Gasteiger partial charge in [0.05, 0.1) is 6.04 Å². The molecule has 0 bridgehead atoms. The molecule has 5 heteroatoms. The second-order valence-corrected chi connectivity index (χ2v) is 5.13. The van der Waals surface area contributed by atoms with E-state index in [2.05, 4.69) is 21.2 Å². The Kier molecular flexibility index (Phi) is 6.75. The number of nitrogens with one attached hydrogen (secondary N) is 1. The van der Waals surface area contributed by atoms with Crippen molar-refractivity contribution < 1.29 is 4.79 Å². The van der Waals surface area contributed by atoms with Crippen molar-refractivity contribution >= 4 is 39.9 Å². The predicted octanol–water partition coefficient (Wildman–Crippen LogP) is 3.10. The molecule has 0 fully saturated rings. The van der Waals surface area contributed by atoms with Gasteiger partial charge in [0, 0.05) is 10.2 Å². The number of hydrogen-bond donors (Lipinski definition) is 2. The summed E-state index contributed by atoms with van der Waals surface area (Å²) < 4.78 is 0.996. The maximum atomic E-state index is 11.7. The van der Waals surface area contributed by atoms with Gasteiger partial charge in [0.15, 0.2) is 0 Å². The zero-order valence-corrected chi connectivity index (χ0v) is 12.6. The van der Waals surface area contributed by atoms with Gasteiger partial charge in [-0.15, -0.1) is 12.4 Å². The average Bonchev–Trinajstić information content (AvgIpc) is 2.20. The molecule has 3 N–H and O–H groups in total. The number of carbonyl (C=O) groups excluding carboxylic acids is 1. The molecule has 0 spiro atoms. The number of rotatable bonds is 3. The van der Waals surface area contributed by atoms with Crippen LogP contribution in [-0.2, 0) is 4.79 Å². The van der Waals surface area contributed by atoms with Crippen LogP contribution < -0.4 is 11.1 Å². The van der Waals surface area contributed by atoms with Gasteiger partial charge in [0.1, 0.15) is 0 Å². The number of hydrogen-bond acceptors (Lipinski definition) is 2. The highest BCUT2D eigenvalue weighted by Gasteiger charge is 2.17. The second-order valence-electron chi connectivity index (χ2n) is 4.22. The third kappa shape index (κ3) is 4.66. The molecule has 0 heterocycles. The van der Waals surface area contributed by atoms with Gasteiger partial charge in [-0.3, -0.25) is 4.79 Å². The first-order chi connectivity index (χ1) is 7.41. The quantitative estimate of drug-likeness (QED) is 0.899. The normalized spacial score (nSPS) is 11.9. The number of halogens is 2. The summed E-state index contributed by atoms with van der Waals surface area (Å²) in [5.74, 6) is -0.00354. The van der Waals surface area contributed by atoms with E-state index in [9.17, 15) is 4.79 Å². The third-order valence-electron chi connectivity index (χ3n) is 2.47. The highest BCUT2D eigenvalue weighted by molar-refractivity contribution is 9.10. The minimum Gasteiger partial charge on any atom is -0.324 e. The molecule has 0 aromatic heterocycles. The molecule has 1 aromatic carbocycles. The molecule has 3 nitrogen and oxygen atoms in total. The van der Waals surface area contributed by atoms with Gasteiger partial charge >= 0.3 is 0 Å². The smallest absolute Gasteiger partial charge is 0.241 e. The van der Waals surface area contributed by atoms with E-state index in [1.807, 2.05) is 39.0 Å². The second kappa shape index (κ2) is 6.99. The van der Waals surface area contributed by atoms with E-state index >= 15 is 0 Å². The first kappa shape index (κ1) is 16.4. The van der Waals surface area contributed by atoms with E-state index in [1.165, 1.54) is 0 Å². The molecule has 1 rings (SSSR count). The first-order valence-electron chi connectivity index (χ1n) is 5.24. The minimum absolute atomic E-state index is 0. The van der Waals surface area contributed by atoms with Crippen LogP contribution >= 0.6 is 28.3 Å². The van der Waals surface area contributed by atoms with Crippen LogP contribution in [0.2, 0.25) is 0 Å². The van der Waals surface area contributed by atoms with Crippen molar-refractivity contribution in [1.29, 1.82) is 0 Å². The largest absolute Gasteiger partial charge is 0.324 e. The molecule has 96 valence electrons. The molecular weight excluding hydrogens is 304 g/mol. The van der Waals surface area contributed by atoms with Gasteiger partial charge in [-0.25, -0.2) is 0 Å². The van der Waals surface area contributed by atoms with E-state index < -0.39 is 6.04 Å². The molecule has 0 saturated carbocycles. The van der Waals surface area contributed by atoms with E-state index in [1.54, 1.807) is 0 Å². The van der Waals surface area contributed by atoms with Gasteiger partial charge < -0.3 is 11.1 Å². The Morgan fingerprint density at radius 2 is 2.00 bits per heavy atom. The van der Waals surface area contributed by atoms with Crippen LogP contribution in [0.15, 0.2) is 22.7 Å². The lowest BCUT2D eigenvalue weighted by Gasteiger charge is -2.16. The predicted molar refractivity (Wildman–Crippen MR) is 77.6 cm³/mol. The lowest BCUT2D eigenvalue weighted by molar-refractivity contribution is -0.118.